The number of fused-ring (bicyclic) bond motifs is 1. The molecule has 104 valence electrons. The van der Waals surface area contributed by atoms with E-state index >= 15 is 0 Å². The Labute approximate surface area is 112 Å². The fourth-order valence-corrected chi connectivity index (χ4v) is 2.12. The van der Waals surface area contributed by atoms with Gasteiger partial charge in [-0.3, -0.25) is 0 Å². The standard InChI is InChI=1S/C13H20N4O2/c1-19-9-7-16(6-8-18)13-11(10-14)17-5-3-2-4-12(17)15-13/h2-5,18H,6-10,14H2,1H3. The average molecular weight is 264 g/mol. The first-order valence-electron chi connectivity index (χ1n) is 6.32. The minimum atomic E-state index is 0.0710. The molecule has 0 radical (unpaired) electrons. The zero-order valence-corrected chi connectivity index (χ0v) is 11.1. The lowest BCUT2D eigenvalue weighted by molar-refractivity contribution is 0.202. The third-order valence-corrected chi connectivity index (χ3v) is 3.04. The predicted molar refractivity (Wildman–Crippen MR) is 74.3 cm³/mol. The van der Waals surface area contributed by atoms with Gasteiger partial charge >= 0.3 is 0 Å². The summed E-state index contributed by atoms with van der Waals surface area (Å²) in [5, 5.41) is 9.19. The maximum absolute atomic E-state index is 9.19. The molecule has 0 aliphatic heterocycles. The molecular weight excluding hydrogens is 244 g/mol. The zero-order chi connectivity index (χ0) is 13.7. The van der Waals surface area contributed by atoms with E-state index in [1.165, 1.54) is 0 Å². The molecule has 0 bridgehead atoms. The summed E-state index contributed by atoms with van der Waals surface area (Å²) in [4.78, 5) is 6.60. The van der Waals surface area contributed by atoms with E-state index < -0.39 is 0 Å². The van der Waals surface area contributed by atoms with Crippen LogP contribution in [0.1, 0.15) is 5.69 Å². The number of aromatic nitrogens is 2. The van der Waals surface area contributed by atoms with Crippen molar-refractivity contribution >= 4 is 11.5 Å². The number of aliphatic hydroxyl groups is 1. The second kappa shape index (κ2) is 6.51. The van der Waals surface area contributed by atoms with Crippen LogP contribution in [0.2, 0.25) is 0 Å². The highest BCUT2D eigenvalue weighted by Crippen LogP contribution is 2.21. The Morgan fingerprint density at radius 2 is 2.26 bits per heavy atom. The normalized spacial score (nSPS) is 11.1. The third kappa shape index (κ3) is 2.86. The molecule has 6 nitrogen and oxygen atoms in total. The lowest BCUT2D eigenvalue weighted by atomic mass is 10.3. The first kappa shape index (κ1) is 13.8. The molecule has 0 aliphatic carbocycles. The van der Waals surface area contributed by atoms with Crippen LogP contribution in [0.25, 0.3) is 5.65 Å². The van der Waals surface area contributed by atoms with Gasteiger partial charge in [0.1, 0.15) is 5.65 Å². The number of pyridine rings is 1. The third-order valence-electron chi connectivity index (χ3n) is 3.04. The molecule has 0 fully saturated rings. The summed E-state index contributed by atoms with van der Waals surface area (Å²) in [6, 6.07) is 5.83. The number of hydrogen-bond donors (Lipinski definition) is 2. The molecule has 6 heteroatoms. The van der Waals surface area contributed by atoms with E-state index in [2.05, 4.69) is 4.98 Å². The van der Waals surface area contributed by atoms with Crippen LogP contribution in [-0.2, 0) is 11.3 Å². The summed E-state index contributed by atoms with van der Waals surface area (Å²) in [6.45, 7) is 2.24. The average Bonchev–Trinajstić information content (AvgIpc) is 2.81. The molecule has 0 spiro atoms. The van der Waals surface area contributed by atoms with Crippen molar-refractivity contribution in [3.8, 4) is 0 Å². The number of nitrogens with two attached hydrogens (primary N) is 1. The first-order valence-corrected chi connectivity index (χ1v) is 6.32. The lowest BCUT2D eigenvalue weighted by Crippen LogP contribution is -2.31. The van der Waals surface area contributed by atoms with Crippen LogP contribution < -0.4 is 10.6 Å². The van der Waals surface area contributed by atoms with Crippen molar-refractivity contribution in [1.29, 1.82) is 0 Å². The molecule has 0 amide bonds. The number of aliphatic hydroxyl groups excluding tert-OH is 1. The second-order valence-electron chi connectivity index (χ2n) is 4.22. The van der Waals surface area contributed by atoms with Gasteiger partial charge in [-0.15, -0.1) is 0 Å². The van der Waals surface area contributed by atoms with E-state index in [9.17, 15) is 5.11 Å². The summed E-state index contributed by atoms with van der Waals surface area (Å²) in [5.74, 6) is 0.819. The van der Waals surface area contributed by atoms with Crippen LogP contribution in [0.3, 0.4) is 0 Å². The Bertz CT molecular complexity index is 526. The van der Waals surface area contributed by atoms with Crippen LogP contribution in [0.5, 0.6) is 0 Å². The van der Waals surface area contributed by atoms with Crippen molar-refractivity contribution in [2.45, 2.75) is 6.54 Å². The Balaban J connectivity index is 2.39. The molecule has 2 rings (SSSR count). The number of methoxy groups -OCH3 is 1. The fraction of sp³-hybridized carbons (Fsp3) is 0.462. The van der Waals surface area contributed by atoms with E-state index in [1.807, 2.05) is 33.7 Å². The Kier molecular flexibility index (Phi) is 4.73. The molecule has 3 N–H and O–H groups in total. The Morgan fingerprint density at radius 1 is 1.42 bits per heavy atom. The van der Waals surface area contributed by atoms with Crippen molar-refractivity contribution in [2.75, 3.05) is 38.3 Å². The molecular formula is C13H20N4O2. The Hall–Kier alpha value is -1.63. The van der Waals surface area contributed by atoms with Gasteiger partial charge in [0, 0.05) is 32.9 Å². The number of anilines is 1. The summed E-state index contributed by atoms with van der Waals surface area (Å²) < 4.78 is 7.08. The van der Waals surface area contributed by atoms with E-state index in [4.69, 9.17) is 10.5 Å². The molecule has 0 aromatic carbocycles. The predicted octanol–water partition coefficient (Wildman–Crippen LogP) is 0.238. The van der Waals surface area contributed by atoms with E-state index in [1.54, 1.807) is 7.11 Å². The minimum Gasteiger partial charge on any atom is -0.395 e. The summed E-state index contributed by atoms with van der Waals surface area (Å²) in [7, 11) is 1.66. The van der Waals surface area contributed by atoms with E-state index in [0.29, 0.717) is 26.2 Å². The van der Waals surface area contributed by atoms with Gasteiger partial charge in [-0.05, 0) is 12.1 Å². The van der Waals surface area contributed by atoms with Gasteiger partial charge in [0.15, 0.2) is 5.82 Å². The van der Waals surface area contributed by atoms with Crippen molar-refractivity contribution in [2.24, 2.45) is 5.73 Å². The number of imidazole rings is 1. The van der Waals surface area contributed by atoms with E-state index in [0.717, 1.165) is 17.2 Å². The van der Waals surface area contributed by atoms with Gasteiger partial charge in [0.2, 0.25) is 0 Å². The first-order chi connectivity index (χ1) is 9.31. The summed E-state index contributed by atoms with van der Waals surface area (Å²) >= 11 is 0. The largest absolute Gasteiger partial charge is 0.395 e. The highest BCUT2D eigenvalue weighted by Gasteiger charge is 2.16. The smallest absolute Gasteiger partial charge is 0.152 e. The highest BCUT2D eigenvalue weighted by molar-refractivity contribution is 5.56. The number of ether oxygens (including phenoxy) is 1. The van der Waals surface area contributed by atoms with Crippen LogP contribution in [-0.4, -0.2) is 47.9 Å². The zero-order valence-electron chi connectivity index (χ0n) is 11.1. The van der Waals surface area contributed by atoms with Gasteiger partial charge in [0.25, 0.3) is 0 Å². The van der Waals surface area contributed by atoms with Gasteiger partial charge in [-0.1, -0.05) is 6.07 Å². The second-order valence-corrected chi connectivity index (χ2v) is 4.22. The maximum atomic E-state index is 9.19. The molecule has 0 aliphatic rings. The number of rotatable bonds is 7. The minimum absolute atomic E-state index is 0.0710. The van der Waals surface area contributed by atoms with Crippen LogP contribution in [0, 0.1) is 0 Å². The molecule has 0 unspecified atom stereocenters. The van der Waals surface area contributed by atoms with Gasteiger partial charge in [-0.25, -0.2) is 4.98 Å². The Morgan fingerprint density at radius 3 is 2.95 bits per heavy atom. The van der Waals surface area contributed by atoms with Gasteiger partial charge in [0.05, 0.1) is 18.9 Å². The van der Waals surface area contributed by atoms with Crippen molar-refractivity contribution < 1.29 is 9.84 Å². The van der Waals surface area contributed by atoms with Gasteiger partial charge < -0.3 is 24.9 Å². The van der Waals surface area contributed by atoms with Crippen LogP contribution >= 0.6 is 0 Å². The topological polar surface area (TPSA) is 76.0 Å². The fourth-order valence-electron chi connectivity index (χ4n) is 2.12. The molecule has 0 atom stereocenters. The highest BCUT2D eigenvalue weighted by atomic mass is 16.5. The number of nitrogens with zero attached hydrogens (tertiary/aromatic N) is 3. The summed E-state index contributed by atoms with van der Waals surface area (Å²) in [5.41, 5.74) is 7.65. The molecule has 2 heterocycles. The van der Waals surface area contributed by atoms with Crippen LogP contribution in [0.4, 0.5) is 5.82 Å². The maximum Gasteiger partial charge on any atom is 0.152 e. The van der Waals surface area contributed by atoms with E-state index in [-0.39, 0.29) is 6.61 Å². The number of hydrogen-bond acceptors (Lipinski definition) is 5. The molecule has 0 saturated heterocycles. The molecule has 2 aromatic heterocycles. The SMILES string of the molecule is COCCN(CCO)c1nc2ccccn2c1CN. The van der Waals surface area contributed by atoms with Crippen molar-refractivity contribution in [3.63, 3.8) is 0 Å². The quantitative estimate of drug-likeness (QED) is 0.749. The lowest BCUT2D eigenvalue weighted by Gasteiger charge is -2.22. The monoisotopic (exact) mass is 264 g/mol. The van der Waals surface area contributed by atoms with Crippen molar-refractivity contribution in [3.05, 3.63) is 30.1 Å². The molecule has 2 aromatic rings. The van der Waals surface area contributed by atoms with Gasteiger partial charge in [-0.2, -0.15) is 0 Å². The molecule has 0 saturated carbocycles. The van der Waals surface area contributed by atoms with Crippen molar-refractivity contribution in [1.82, 2.24) is 9.38 Å². The summed E-state index contributed by atoms with van der Waals surface area (Å²) in [6.07, 6.45) is 1.95. The molecule has 19 heavy (non-hydrogen) atoms. The van der Waals surface area contributed by atoms with Crippen LogP contribution in [0.15, 0.2) is 24.4 Å².